The third-order valence-electron chi connectivity index (χ3n) is 4.86. The number of nitrogens with one attached hydrogen (secondary N) is 1. The van der Waals surface area contributed by atoms with Crippen molar-refractivity contribution in [2.75, 3.05) is 6.54 Å². The molecule has 3 amide bonds. The van der Waals surface area contributed by atoms with Crippen LogP contribution < -0.4 is 5.32 Å². The Kier molecular flexibility index (Phi) is 4.14. The number of carbonyl (C=O) groups excluding carboxylic acids is 3. The van der Waals surface area contributed by atoms with Crippen LogP contribution in [-0.4, -0.2) is 39.5 Å². The van der Waals surface area contributed by atoms with Gasteiger partial charge in [-0.05, 0) is 37.3 Å². The molecule has 0 radical (unpaired) electrons. The number of fused-ring (bicyclic) bond motifs is 2. The number of esters is 1. The SMILES string of the molecule is Cc1noc(COC(=O)CN2C(=O)NC3(CCCc4ccccc43)C2=O)n1. The zero-order valence-corrected chi connectivity index (χ0v) is 14.7. The summed E-state index contributed by atoms with van der Waals surface area (Å²) in [6.07, 6.45) is 2.13. The minimum atomic E-state index is -1.10. The average Bonchev–Trinajstić information content (AvgIpc) is 3.18. The van der Waals surface area contributed by atoms with Crippen LogP contribution in [0.5, 0.6) is 0 Å². The van der Waals surface area contributed by atoms with Gasteiger partial charge in [-0.25, -0.2) is 4.79 Å². The molecule has 2 aliphatic rings. The van der Waals surface area contributed by atoms with E-state index >= 15 is 0 Å². The van der Waals surface area contributed by atoms with Gasteiger partial charge in [-0.15, -0.1) is 0 Å². The highest BCUT2D eigenvalue weighted by molar-refractivity contribution is 6.09. The first-order valence-electron chi connectivity index (χ1n) is 8.67. The van der Waals surface area contributed by atoms with Gasteiger partial charge in [0.05, 0.1) is 0 Å². The Labute approximate surface area is 154 Å². The van der Waals surface area contributed by atoms with Crippen LogP contribution in [-0.2, 0) is 32.9 Å². The Morgan fingerprint density at radius 3 is 2.96 bits per heavy atom. The summed E-state index contributed by atoms with van der Waals surface area (Å²) in [7, 11) is 0. The summed E-state index contributed by atoms with van der Waals surface area (Å²) in [6.45, 7) is 0.961. The van der Waals surface area contributed by atoms with Crippen molar-refractivity contribution in [2.45, 2.75) is 38.3 Å². The van der Waals surface area contributed by atoms with Crippen LogP contribution >= 0.6 is 0 Å². The number of urea groups is 1. The Bertz CT molecular complexity index is 924. The molecule has 1 aromatic carbocycles. The predicted octanol–water partition coefficient (Wildman–Crippen LogP) is 1.20. The van der Waals surface area contributed by atoms with Crippen LogP contribution in [0.25, 0.3) is 0 Å². The van der Waals surface area contributed by atoms with Crippen LogP contribution in [0.4, 0.5) is 4.79 Å². The van der Waals surface area contributed by atoms with Crippen molar-refractivity contribution >= 4 is 17.9 Å². The minimum Gasteiger partial charge on any atom is -0.454 e. The van der Waals surface area contributed by atoms with Crippen molar-refractivity contribution < 1.29 is 23.6 Å². The molecule has 1 atom stereocenters. The van der Waals surface area contributed by atoms with Gasteiger partial charge < -0.3 is 14.6 Å². The highest BCUT2D eigenvalue weighted by Crippen LogP contribution is 2.39. The number of hydrogen-bond donors (Lipinski definition) is 1. The summed E-state index contributed by atoms with van der Waals surface area (Å²) < 4.78 is 9.89. The van der Waals surface area contributed by atoms with Gasteiger partial charge in [0, 0.05) is 0 Å². The molecular formula is C18H18N4O5. The molecule has 27 heavy (non-hydrogen) atoms. The fraction of sp³-hybridized carbons (Fsp3) is 0.389. The lowest BCUT2D eigenvalue weighted by atomic mass is 9.76. The second kappa shape index (κ2) is 6.49. The van der Waals surface area contributed by atoms with E-state index in [9.17, 15) is 14.4 Å². The molecule has 1 aliphatic carbocycles. The summed E-state index contributed by atoms with van der Waals surface area (Å²) >= 11 is 0. The number of hydrogen-bond acceptors (Lipinski definition) is 7. The fourth-order valence-corrected chi connectivity index (χ4v) is 3.67. The lowest BCUT2D eigenvalue weighted by molar-refractivity contribution is -0.149. The van der Waals surface area contributed by atoms with Gasteiger partial charge in [0.15, 0.2) is 12.4 Å². The number of aryl methyl sites for hydroxylation is 2. The molecular weight excluding hydrogens is 352 g/mol. The van der Waals surface area contributed by atoms with E-state index in [1.807, 2.05) is 24.3 Å². The number of imide groups is 1. The van der Waals surface area contributed by atoms with E-state index in [4.69, 9.17) is 9.26 Å². The minimum absolute atomic E-state index is 0.149. The summed E-state index contributed by atoms with van der Waals surface area (Å²) in [6, 6.07) is 6.97. The van der Waals surface area contributed by atoms with Crippen molar-refractivity contribution in [3.8, 4) is 0 Å². The maximum absolute atomic E-state index is 13.1. The van der Waals surface area contributed by atoms with Gasteiger partial charge in [-0.2, -0.15) is 4.98 Å². The molecule has 140 valence electrons. The van der Waals surface area contributed by atoms with E-state index in [2.05, 4.69) is 15.5 Å². The third-order valence-corrected chi connectivity index (χ3v) is 4.86. The number of nitrogens with zero attached hydrogens (tertiary/aromatic N) is 3. The first-order chi connectivity index (χ1) is 13.0. The molecule has 1 fully saturated rings. The van der Waals surface area contributed by atoms with E-state index in [0.717, 1.165) is 28.9 Å². The highest BCUT2D eigenvalue weighted by atomic mass is 16.6. The monoisotopic (exact) mass is 370 g/mol. The topological polar surface area (TPSA) is 115 Å². The van der Waals surface area contributed by atoms with Gasteiger partial charge in [0.2, 0.25) is 0 Å². The number of rotatable bonds is 4. The highest BCUT2D eigenvalue weighted by Gasteiger charge is 2.54. The molecule has 1 saturated heterocycles. The first kappa shape index (κ1) is 17.2. The number of ether oxygens (including phenoxy) is 1. The molecule has 1 aromatic heterocycles. The molecule has 2 heterocycles. The molecule has 1 N–H and O–H groups in total. The first-order valence-corrected chi connectivity index (χ1v) is 8.67. The Balaban J connectivity index is 1.48. The smallest absolute Gasteiger partial charge is 0.326 e. The number of carbonyl (C=O) groups is 3. The van der Waals surface area contributed by atoms with Crippen molar-refractivity contribution in [1.82, 2.24) is 20.4 Å². The molecule has 1 unspecified atom stereocenters. The van der Waals surface area contributed by atoms with Crippen LogP contribution in [0.1, 0.15) is 35.7 Å². The number of benzene rings is 1. The molecule has 9 nitrogen and oxygen atoms in total. The third kappa shape index (κ3) is 2.94. The van der Waals surface area contributed by atoms with E-state index in [1.165, 1.54) is 0 Å². The molecule has 4 rings (SSSR count). The van der Waals surface area contributed by atoms with E-state index in [1.54, 1.807) is 6.92 Å². The maximum Gasteiger partial charge on any atom is 0.326 e. The predicted molar refractivity (Wildman–Crippen MR) is 90.1 cm³/mol. The number of amides is 3. The molecule has 2 aromatic rings. The van der Waals surface area contributed by atoms with Gasteiger partial charge in [0.1, 0.15) is 12.1 Å². The molecule has 0 bridgehead atoms. The quantitative estimate of drug-likeness (QED) is 0.635. The van der Waals surface area contributed by atoms with Crippen molar-refractivity contribution in [1.29, 1.82) is 0 Å². The Morgan fingerprint density at radius 1 is 1.37 bits per heavy atom. The molecule has 0 saturated carbocycles. The summed E-state index contributed by atoms with van der Waals surface area (Å²) in [4.78, 5) is 42.4. The van der Waals surface area contributed by atoms with Gasteiger partial charge in [-0.3, -0.25) is 14.5 Å². The van der Waals surface area contributed by atoms with Crippen molar-refractivity contribution in [3.63, 3.8) is 0 Å². The maximum atomic E-state index is 13.1. The van der Waals surface area contributed by atoms with E-state index in [-0.39, 0.29) is 12.5 Å². The van der Waals surface area contributed by atoms with Crippen LogP contribution in [0, 0.1) is 6.92 Å². The van der Waals surface area contributed by atoms with Gasteiger partial charge in [0.25, 0.3) is 11.8 Å². The van der Waals surface area contributed by atoms with Crippen LogP contribution in [0.3, 0.4) is 0 Å². The summed E-state index contributed by atoms with van der Waals surface area (Å²) in [5, 5.41) is 6.39. The van der Waals surface area contributed by atoms with Gasteiger partial charge in [-0.1, -0.05) is 29.4 Å². The lowest BCUT2D eigenvalue weighted by Gasteiger charge is -2.33. The second-order valence-electron chi connectivity index (χ2n) is 6.63. The standard InChI is InChI=1S/C18H18N4O5/c1-11-19-14(27-21-11)10-26-15(23)9-22-16(24)18(20-17(22)25)8-4-6-12-5-2-3-7-13(12)18/h2-3,5,7H,4,6,8-10H2,1H3,(H,20,25). The molecule has 9 heteroatoms. The summed E-state index contributed by atoms with van der Waals surface area (Å²) in [5.74, 6) is -0.579. The van der Waals surface area contributed by atoms with Gasteiger partial charge >= 0.3 is 12.0 Å². The molecule has 1 spiro atoms. The fourth-order valence-electron chi connectivity index (χ4n) is 3.67. The van der Waals surface area contributed by atoms with Crippen molar-refractivity contribution in [3.05, 3.63) is 47.1 Å². The van der Waals surface area contributed by atoms with Crippen molar-refractivity contribution in [2.24, 2.45) is 0 Å². The summed E-state index contributed by atoms with van der Waals surface area (Å²) in [5.41, 5.74) is 0.732. The zero-order valence-electron chi connectivity index (χ0n) is 14.7. The van der Waals surface area contributed by atoms with E-state index < -0.39 is 30.0 Å². The van der Waals surface area contributed by atoms with Crippen LogP contribution in [0.15, 0.2) is 28.8 Å². The number of aromatic nitrogens is 2. The normalized spacial score (nSPS) is 21.3. The zero-order chi connectivity index (χ0) is 19.0. The molecule has 1 aliphatic heterocycles. The average molecular weight is 370 g/mol. The largest absolute Gasteiger partial charge is 0.454 e. The lowest BCUT2D eigenvalue weighted by Crippen LogP contribution is -2.46. The Morgan fingerprint density at radius 2 is 2.19 bits per heavy atom. The van der Waals surface area contributed by atoms with Crippen LogP contribution in [0.2, 0.25) is 0 Å². The second-order valence-corrected chi connectivity index (χ2v) is 6.63. The Hall–Kier alpha value is -3.23. The van der Waals surface area contributed by atoms with E-state index in [0.29, 0.717) is 12.2 Å².